The van der Waals surface area contributed by atoms with Crippen LogP contribution < -0.4 is 10.0 Å². The predicted molar refractivity (Wildman–Crippen MR) is 125 cm³/mol. The van der Waals surface area contributed by atoms with Crippen molar-refractivity contribution in [1.82, 2.24) is 0 Å². The van der Waals surface area contributed by atoms with Gasteiger partial charge in [0.05, 0.1) is 10.6 Å². The summed E-state index contributed by atoms with van der Waals surface area (Å²) in [6, 6.07) is 25.2. The zero-order valence-corrected chi connectivity index (χ0v) is 18.0. The van der Waals surface area contributed by atoms with E-state index in [1.807, 2.05) is 49.4 Å². The number of carbonyl (C=O) groups is 1. The van der Waals surface area contributed by atoms with Crippen LogP contribution in [0.2, 0.25) is 0 Å². The average Bonchev–Trinajstić information content (AvgIpc) is 2.75. The monoisotopic (exact) mass is 430 g/mol. The van der Waals surface area contributed by atoms with Gasteiger partial charge in [-0.2, -0.15) is 0 Å². The van der Waals surface area contributed by atoms with Gasteiger partial charge in [-0.15, -0.1) is 0 Å². The van der Waals surface area contributed by atoms with Gasteiger partial charge < -0.3 is 5.32 Å². The number of nitrogens with one attached hydrogen (secondary N) is 2. The van der Waals surface area contributed by atoms with Crippen LogP contribution in [-0.4, -0.2) is 14.3 Å². The topological polar surface area (TPSA) is 75.3 Å². The third-order valence-electron chi connectivity index (χ3n) is 5.08. The van der Waals surface area contributed by atoms with Gasteiger partial charge in [-0.25, -0.2) is 8.42 Å². The number of aryl methyl sites for hydroxylation is 2. The molecule has 0 spiro atoms. The summed E-state index contributed by atoms with van der Waals surface area (Å²) in [5.74, 6) is -0.314. The number of hydrogen-bond acceptors (Lipinski definition) is 3. The molecule has 4 aromatic rings. The molecule has 156 valence electrons. The van der Waals surface area contributed by atoms with Crippen molar-refractivity contribution in [3.05, 3.63) is 102 Å². The normalized spacial score (nSPS) is 11.3. The average molecular weight is 431 g/mol. The van der Waals surface area contributed by atoms with Crippen molar-refractivity contribution in [3.8, 4) is 0 Å². The van der Waals surface area contributed by atoms with E-state index in [0.717, 1.165) is 21.9 Å². The minimum absolute atomic E-state index is 0.170. The van der Waals surface area contributed by atoms with Crippen LogP contribution in [0.5, 0.6) is 0 Å². The Morgan fingerprint density at radius 1 is 0.774 bits per heavy atom. The van der Waals surface area contributed by atoms with Gasteiger partial charge in [0.15, 0.2) is 0 Å². The number of fused-ring (bicyclic) bond motifs is 1. The highest BCUT2D eigenvalue weighted by molar-refractivity contribution is 7.92. The molecule has 0 fully saturated rings. The smallest absolute Gasteiger partial charge is 0.261 e. The zero-order chi connectivity index (χ0) is 22.0. The number of hydrogen-bond donors (Lipinski definition) is 2. The van der Waals surface area contributed by atoms with Gasteiger partial charge in [0, 0.05) is 11.3 Å². The predicted octanol–water partition coefficient (Wildman–Crippen LogP) is 5.51. The van der Waals surface area contributed by atoms with Crippen molar-refractivity contribution in [3.63, 3.8) is 0 Å². The Kier molecular flexibility index (Phi) is 5.48. The van der Waals surface area contributed by atoms with E-state index in [0.29, 0.717) is 16.9 Å². The van der Waals surface area contributed by atoms with Crippen molar-refractivity contribution in [2.75, 3.05) is 10.0 Å². The van der Waals surface area contributed by atoms with E-state index in [9.17, 15) is 13.2 Å². The van der Waals surface area contributed by atoms with Crippen molar-refractivity contribution in [2.24, 2.45) is 0 Å². The van der Waals surface area contributed by atoms with Crippen LogP contribution in [-0.2, 0) is 10.0 Å². The molecule has 4 aromatic carbocycles. The van der Waals surface area contributed by atoms with Crippen LogP contribution in [0, 0.1) is 13.8 Å². The molecule has 0 atom stereocenters. The first kappa shape index (κ1) is 20.6. The first-order valence-electron chi connectivity index (χ1n) is 9.82. The lowest BCUT2D eigenvalue weighted by Crippen LogP contribution is -2.16. The fourth-order valence-corrected chi connectivity index (χ4v) is 4.39. The van der Waals surface area contributed by atoms with Crippen molar-refractivity contribution >= 4 is 38.1 Å². The van der Waals surface area contributed by atoms with Crippen molar-refractivity contribution < 1.29 is 13.2 Å². The number of rotatable bonds is 5. The Labute approximate surface area is 181 Å². The van der Waals surface area contributed by atoms with Gasteiger partial charge in [0.2, 0.25) is 0 Å². The van der Waals surface area contributed by atoms with Crippen LogP contribution in [0.25, 0.3) is 10.8 Å². The van der Waals surface area contributed by atoms with E-state index in [1.54, 1.807) is 49.4 Å². The highest BCUT2D eigenvalue weighted by atomic mass is 32.2. The highest BCUT2D eigenvalue weighted by Crippen LogP contribution is 2.23. The SMILES string of the molecule is Cc1ccc(S(=O)(=O)Nc2cc(C(=O)Nc3ccc4ccccc4c3)ccc2C)cc1. The second-order valence-electron chi connectivity index (χ2n) is 7.46. The highest BCUT2D eigenvalue weighted by Gasteiger charge is 2.17. The lowest BCUT2D eigenvalue weighted by molar-refractivity contribution is 0.102. The zero-order valence-electron chi connectivity index (χ0n) is 17.2. The summed E-state index contributed by atoms with van der Waals surface area (Å²) < 4.78 is 28.1. The van der Waals surface area contributed by atoms with E-state index < -0.39 is 10.0 Å². The maximum atomic E-state index is 12.8. The lowest BCUT2D eigenvalue weighted by atomic mass is 10.1. The molecular formula is C25H22N2O3S. The van der Waals surface area contributed by atoms with Gasteiger partial charge in [-0.1, -0.05) is 54.1 Å². The summed E-state index contributed by atoms with van der Waals surface area (Å²) in [5, 5.41) is 4.99. The molecule has 0 saturated carbocycles. The fourth-order valence-electron chi connectivity index (χ4n) is 3.26. The molecule has 0 aliphatic heterocycles. The standard InChI is InChI=1S/C25H22N2O3S/c1-17-7-13-23(14-8-17)31(29,30)27-24-16-21(10-9-18(24)2)25(28)26-22-12-11-19-5-3-4-6-20(19)15-22/h3-16,27H,1-2H3,(H,26,28). The molecule has 1 amide bonds. The summed E-state index contributed by atoms with van der Waals surface area (Å²) in [4.78, 5) is 13.0. The van der Waals surface area contributed by atoms with E-state index in [4.69, 9.17) is 0 Å². The minimum Gasteiger partial charge on any atom is -0.322 e. The Hall–Kier alpha value is -3.64. The third-order valence-corrected chi connectivity index (χ3v) is 6.46. The number of carbonyl (C=O) groups excluding carboxylic acids is 1. The molecular weight excluding hydrogens is 408 g/mol. The fraction of sp³-hybridized carbons (Fsp3) is 0.0800. The van der Waals surface area contributed by atoms with E-state index in [-0.39, 0.29) is 10.8 Å². The van der Waals surface area contributed by atoms with Gasteiger partial charge in [-0.05, 0) is 66.6 Å². The van der Waals surface area contributed by atoms with Gasteiger partial charge in [0.1, 0.15) is 0 Å². The molecule has 0 aromatic heterocycles. The molecule has 31 heavy (non-hydrogen) atoms. The molecule has 2 N–H and O–H groups in total. The first-order valence-corrected chi connectivity index (χ1v) is 11.3. The molecule has 0 bridgehead atoms. The van der Waals surface area contributed by atoms with Crippen molar-refractivity contribution in [1.29, 1.82) is 0 Å². The Morgan fingerprint density at radius 3 is 2.23 bits per heavy atom. The van der Waals surface area contributed by atoms with Gasteiger partial charge in [-0.3, -0.25) is 9.52 Å². The first-order chi connectivity index (χ1) is 14.8. The quantitative estimate of drug-likeness (QED) is 0.438. The van der Waals surface area contributed by atoms with Crippen LogP contribution in [0.1, 0.15) is 21.5 Å². The lowest BCUT2D eigenvalue weighted by Gasteiger charge is -2.13. The summed E-state index contributed by atoms with van der Waals surface area (Å²) in [6.45, 7) is 3.68. The van der Waals surface area contributed by atoms with Crippen molar-refractivity contribution in [2.45, 2.75) is 18.7 Å². The van der Waals surface area contributed by atoms with Crippen LogP contribution >= 0.6 is 0 Å². The molecule has 0 heterocycles. The molecule has 6 heteroatoms. The van der Waals surface area contributed by atoms with Gasteiger partial charge in [0.25, 0.3) is 15.9 Å². The largest absolute Gasteiger partial charge is 0.322 e. The molecule has 5 nitrogen and oxygen atoms in total. The van der Waals surface area contributed by atoms with E-state index in [1.165, 1.54) is 0 Å². The summed E-state index contributed by atoms with van der Waals surface area (Å²) in [5.41, 5.74) is 3.10. The van der Waals surface area contributed by atoms with Crippen LogP contribution in [0.15, 0.2) is 89.8 Å². The Bertz CT molecular complexity index is 1380. The number of benzene rings is 4. The minimum atomic E-state index is -3.76. The Morgan fingerprint density at radius 2 is 1.48 bits per heavy atom. The second kappa shape index (κ2) is 8.24. The molecule has 0 radical (unpaired) electrons. The van der Waals surface area contributed by atoms with Crippen LogP contribution in [0.4, 0.5) is 11.4 Å². The number of amides is 1. The summed E-state index contributed by atoms with van der Waals surface area (Å²) >= 11 is 0. The number of sulfonamides is 1. The molecule has 0 aliphatic rings. The molecule has 0 aliphatic carbocycles. The van der Waals surface area contributed by atoms with E-state index in [2.05, 4.69) is 10.0 Å². The number of anilines is 2. The Balaban J connectivity index is 1.57. The van der Waals surface area contributed by atoms with Gasteiger partial charge >= 0.3 is 0 Å². The second-order valence-corrected chi connectivity index (χ2v) is 9.15. The summed E-state index contributed by atoms with van der Waals surface area (Å²) in [7, 11) is -3.76. The summed E-state index contributed by atoms with van der Waals surface area (Å²) in [6.07, 6.45) is 0. The van der Waals surface area contributed by atoms with E-state index >= 15 is 0 Å². The maximum absolute atomic E-state index is 12.8. The maximum Gasteiger partial charge on any atom is 0.261 e. The van der Waals surface area contributed by atoms with Crippen LogP contribution in [0.3, 0.4) is 0 Å². The molecule has 0 unspecified atom stereocenters. The molecule has 0 saturated heterocycles. The molecule has 4 rings (SSSR count). The third kappa shape index (κ3) is 4.59.